The number of ether oxygens (including phenoxy) is 1. The van der Waals surface area contributed by atoms with E-state index in [0.717, 1.165) is 18.0 Å². The Hall–Kier alpha value is -3.60. The van der Waals surface area contributed by atoms with Crippen LogP contribution in [0.15, 0.2) is 30.5 Å². The molecule has 0 amide bonds. The molecule has 2 aromatic heterocycles. The number of aromatic nitrogens is 3. The molecule has 1 aliphatic heterocycles. The van der Waals surface area contributed by atoms with Crippen molar-refractivity contribution in [2.24, 2.45) is 5.41 Å². The van der Waals surface area contributed by atoms with E-state index >= 15 is 0 Å². The Morgan fingerprint density at radius 2 is 1.71 bits per heavy atom. The summed E-state index contributed by atoms with van der Waals surface area (Å²) in [6.07, 6.45) is 2.64. The number of imidazole rings is 1. The molecule has 0 bridgehead atoms. The van der Waals surface area contributed by atoms with Crippen molar-refractivity contribution < 1.29 is 33.3 Å². The van der Waals surface area contributed by atoms with Crippen LogP contribution in [0.25, 0.3) is 22.4 Å². The third-order valence-electron chi connectivity index (χ3n) is 6.67. The third kappa shape index (κ3) is 4.43. The van der Waals surface area contributed by atoms with Crippen molar-refractivity contribution in [3.63, 3.8) is 0 Å². The highest BCUT2D eigenvalue weighted by Gasteiger charge is 2.57. The molecule has 0 radical (unpaired) electrons. The van der Waals surface area contributed by atoms with E-state index in [-0.39, 0.29) is 32.5 Å². The van der Waals surface area contributed by atoms with E-state index in [4.69, 9.17) is 4.74 Å². The molecule has 2 aliphatic rings. The zero-order valence-electron chi connectivity index (χ0n) is 18.0. The highest BCUT2D eigenvalue weighted by atomic mass is 19.2. The molecule has 11 heteroatoms. The van der Waals surface area contributed by atoms with Crippen LogP contribution in [0, 0.1) is 17.0 Å². The molecule has 1 aliphatic carbocycles. The monoisotopic (exact) mass is 488 g/mol. The van der Waals surface area contributed by atoms with Gasteiger partial charge in [-0.2, -0.15) is 0 Å². The number of carbonyl (C=O) groups is 2. The van der Waals surface area contributed by atoms with Crippen LogP contribution in [0.2, 0.25) is 0 Å². The van der Waals surface area contributed by atoms with E-state index < -0.39 is 29.0 Å². The highest BCUT2D eigenvalue weighted by Crippen LogP contribution is 2.44. The molecule has 186 valence electrons. The second-order valence-corrected chi connectivity index (χ2v) is 8.82. The standard InChI is InChI=1S/C23H22F2N4O5.CH4/c24-15-7-17-18(8-16(15)25)28-20(27-17)12-1-2-19(26-11-12)29-5-3-13(4-6-29)34-14-9-23(10-14,21(30)31)22(32)33;/h1-2,7-8,11,13-14H,3-6,9-10H2,(H,27,28)(H,30,31)(H,32,33);1H4. The normalized spacial score (nSPS) is 18.2. The van der Waals surface area contributed by atoms with Gasteiger partial charge >= 0.3 is 11.9 Å². The van der Waals surface area contributed by atoms with Gasteiger partial charge in [0, 0.05) is 49.8 Å². The largest absolute Gasteiger partial charge is 0.480 e. The Labute approximate surface area is 199 Å². The molecule has 0 unspecified atom stereocenters. The maximum absolute atomic E-state index is 13.4. The van der Waals surface area contributed by atoms with E-state index in [1.165, 1.54) is 0 Å². The van der Waals surface area contributed by atoms with Gasteiger partial charge in [0.25, 0.3) is 0 Å². The van der Waals surface area contributed by atoms with Crippen LogP contribution in [0.1, 0.15) is 33.1 Å². The third-order valence-corrected chi connectivity index (χ3v) is 6.67. The Kier molecular flexibility index (Phi) is 6.46. The summed E-state index contributed by atoms with van der Waals surface area (Å²) in [6.45, 7) is 1.38. The summed E-state index contributed by atoms with van der Waals surface area (Å²) in [5.41, 5.74) is -0.311. The second-order valence-electron chi connectivity index (χ2n) is 8.82. The Morgan fingerprint density at radius 3 is 2.31 bits per heavy atom. The molecule has 9 nitrogen and oxygen atoms in total. The lowest BCUT2D eigenvalue weighted by molar-refractivity contribution is -0.189. The molecule has 0 atom stereocenters. The van der Waals surface area contributed by atoms with Crippen LogP contribution in [0.5, 0.6) is 0 Å². The number of nitrogens with one attached hydrogen (secondary N) is 1. The number of carboxylic acids is 2. The number of aromatic amines is 1. The minimum Gasteiger partial charge on any atom is -0.480 e. The molecule has 35 heavy (non-hydrogen) atoms. The smallest absolute Gasteiger partial charge is 0.321 e. The van der Waals surface area contributed by atoms with E-state index in [2.05, 4.69) is 19.9 Å². The Morgan fingerprint density at radius 1 is 1.06 bits per heavy atom. The summed E-state index contributed by atoms with van der Waals surface area (Å²) in [7, 11) is 0. The maximum atomic E-state index is 13.4. The van der Waals surface area contributed by atoms with Gasteiger partial charge in [-0.1, -0.05) is 7.43 Å². The zero-order chi connectivity index (χ0) is 24.0. The van der Waals surface area contributed by atoms with Crippen molar-refractivity contribution in [1.82, 2.24) is 15.0 Å². The SMILES string of the molecule is C.O=C(O)C1(C(=O)O)CC(OC2CCN(c3ccc(-c4nc5cc(F)c(F)cc5[nH]4)cn3)CC2)C1. The first-order valence-corrected chi connectivity index (χ1v) is 10.9. The van der Waals surface area contributed by atoms with Gasteiger partial charge in [0.15, 0.2) is 17.0 Å². The van der Waals surface area contributed by atoms with Gasteiger partial charge in [-0.15, -0.1) is 0 Å². The maximum Gasteiger partial charge on any atom is 0.321 e. The van der Waals surface area contributed by atoms with Crippen molar-refractivity contribution in [3.8, 4) is 11.4 Å². The van der Waals surface area contributed by atoms with Crippen molar-refractivity contribution in [2.45, 2.75) is 45.3 Å². The van der Waals surface area contributed by atoms with E-state index in [1.807, 2.05) is 12.1 Å². The fraction of sp³-hybridized carbons (Fsp3) is 0.417. The Bertz CT molecular complexity index is 1190. The highest BCUT2D eigenvalue weighted by molar-refractivity contribution is 5.99. The van der Waals surface area contributed by atoms with Crippen LogP contribution >= 0.6 is 0 Å². The summed E-state index contributed by atoms with van der Waals surface area (Å²) in [5.74, 6) is -3.28. The number of carboxylic acid groups (broad SMARTS) is 2. The van der Waals surface area contributed by atoms with E-state index in [9.17, 15) is 28.6 Å². The first kappa shape index (κ1) is 24.5. The number of fused-ring (bicyclic) bond motifs is 1. The predicted octanol–water partition coefficient (Wildman–Crippen LogP) is 3.84. The summed E-state index contributed by atoms with van der Waals surface area (Å²) >= 11 is 0. The lowest BCUT2D eigenvalue weighted by atomic mass is 9.66. The van der Waals surface area contributed by atoms with Crippen LogP contribution in [0.3, 0.4) is 0 Å². The number of anilines is 1. The van der Waals surface area contributed by atoms with Crippen molar-refractivity contribution in [2.75, 3.05) is 18.0 Å². The van der Waals surface area contributed by atoms with Gasteiger partial charge in [-0.3, -0.25) is 9.59 Å². The molecule has 3 heterocycles. The number of hydrogen-bond acceptors (Lipinski definition) is 6. The van der Waals surface area contributed by atoms with Gasteiger partial charge in [0.1, 0.15) is 11.6 Å². The molecule has 5 rings (SSSR count). The number of rotatable bonds is 6. The van der Waals surface area contributed by atoms with E-state index in [0.29, 0.717) is 48.4 Å². The van der Waals surface area contributed by atoms with Crippen LogP contribution in [-0.2, 0) is 14.3 Å². The van der Waals surface area contributed by atoms with Gasteiger partial charge < -0.3 is 24.8 Å². The molecular weight excluding hydrogens is 462 g/mol. The summed E-state index contributed by atoms with van der Waals surface area (Å²) in [4.78, 5) is 36.4. The first-order chi connectivity index (χ1) is 16.2. The molecule has 2 fully saturated rings. The molecule has 3 aromatic rings. The second kappa shape index (κ2) is 9.21. The van der Waals surface area contributed by atoms with Gasteiger partial charge in [0.2, 0.25) is 0 Å². The lowest BCUT2D eigenvalue weighted by Crippen LogP contribution is -2.54. The number of aliphatic carboxylic acids is 2. The van der Waals surface area contributed by atoms with Crippen molar-refractivity contribution in [3.05, 3.63) is 42.1 Å². The van der Waals surface area contributed by atoms with Gasteiger partial charge in [-0.25, -0.2) is 18.7 Å². The Balaban J connectivity index is 0.00000289. The number of hydrogen-bond donors (Lipinski definition) is 3. The number of H-pyrrole nitrogens is 1. The molecule has 1 aromatic carbocycles. The molecule has 3 N–H and O–H groups in total. The fourth-order valence-electron chi connectivity index (χ4n) is 4.60. The summed E-state index contributed by atoms with van der Waals surface area (Å²) < 4.78 is 32.8. The van der Waals surface area contributed by atoms with Crippen molar-refractivity contribution >= 4 is 28.8 Å². The molecule has 1 saturated heterocycles. The average molecular weight is 488 g/mol. The summed E-state index contributed by atoms with van der Waals surface area (Å²) in [6, 6.07) is 5.81. The fourth-order valence-corrected chi connectivity index (χ4v) is 4.60. The van der Waals surface area contributed by atoms with Crippen LogP contribution in [-0.4, -0.2) is 62.4 Å². The number of halogens is 2. The number of pyridine rings is 1. The molecule has 0 spiro atoms. The topological polar surface area (TPSA) is 129 Å². The number of benzene rings is 1. The lowest BCUT2D eigenvalue weighted by Gasteiger charge is -2.43. The average Bonchev–Trinajstić information content (AvgIpc) is 3.19. The van der Waals surface area contributed by atoms with E-state index in [1.54, 1.807) is 6.20 Å². The zero-order valence-corrected chi connectivity index (χ0v) is 18.0. The van der Waals surface area contributed by atoms with Gasteiger partial charge in [0.05, 0.1) is 23.2 Å². The summed E-state index contributed by atoms with van der Waals surface area (Å²) in [5, 5.41) is 18.4. The molecular formula is C24H26F2N4O5. The van der Waals surface area contributed by atoms with Crippen LogP contribution < -0.4 is 4.90 Å². The predicted molar refractivity (Wildman–Crippen MR) is 123 cm³/mol. The number of piperidine rings is 1. The first-order valence-electron chi connectivity index (χ1n) is 10.9. The van der Waals surface area contributed by atoms with Gasteiger partial charge in [-0.05, 0) is 25.0 Å². The number of nitrogens with zero attached hydrogens (tertiary/aromatic N) is 3. The van der Waals surface area contributed by atoms with Crippen molar-refractivity contribution in [1.29, 1.82) is 0 Å². The minimum atomic E-state index is -1.72. The quantitative estimate of drug-likeness (QED) is 0.447. The minimum absolute atomic E-state index is 0. The van der Waals surface area contributed by atoms with Crippen LogP contribution in [0.4, 0.5) is 14.6 Å². The molecule has 1 saturated carbocycles.